The molecule has 4 heteroatoms. The highest BCUT2D eigenvalue weighted by atomic mass is 35.5. The summed E-state index contributed by atoms with van der Waals surface area (Å²) in [7, 11) is 0. The van der Waals surface area contributed by atoms with Crippen molar-refractivity contribution in [2.24, 2.45) is 5.73 Å². The van der Waals surface area contributed by atoms with Gasteiger partial charge in [0.15, 0.2) is 0 Å². The van der Waals surface area contributed by atoms with Crippen molar-refractivity contribution in [1.82, 2.24) is 5.32 Å². The maximum atomic E-state index is 11.9. The van der Waals surface area contributed by atoms with E-state index in [0.29, 0.717) is 6.42 Å². The van der Waals surface area contributed by atoms with Crippen molar-refractivity contribution in [3.05, 3.63) is 35.4 Å². The standard InChI is InChI=1S/C17H28N2O.ClH/c1-3-16(15-11-9-14(2)10-12-15)19-17(20)8-6-4-5-7-13-18;/h9-12,16H,3-8,13,18H2,1-2H3,(H,19,20);1H. The molecule has 3 N–H and O–H groups in total. The molecule has 21 heavy (non-hydrogen) atoms. The maximum absolute atomic E-state index is 11.9. The maximum Gasteiger partial charge on any atom is 0.220 e. The molecule has 1 aromatic rings. The molecular formula is C17H29ClN2O. The molecule has 0 radical (unpaired) electrons. The van der Waals surface area contributed by atoms with Crippen molar-refractivity contribution in [1.29, 1.82) is 0 Å². The van der Waals surface area contributed by atoms with E-state index in [1.54, 1.807) is 0 Å². The average molecular weight is 313 g/mol. The van der Waals surface area contributed by atoms with E-state index in [-0.39, 0.29) is 24.4 Å². The molecule has 0 heterocycles. The predicted octanol–water partition coefficient (Wildman–Crippen LogP) is 3.89. The lowest BCUT2D eigenvalue weighted by molar-refractivity contribution is -0.122. The number of hydrogen-bond donors (Lipinski definition) is 2. The van der Waals surface area contributed by atoms with Crippen LogP contribution in [-0.2, 0) is 4.79 Å². The zero-order chi connectivity index (χ0) is 14.8. The van der Waals surface area contributed by atoms with Crippen LogP contribution >= 0.6 is 12.4 Å². The van der Waals surface area contributed by atoms with Crippen molar-refractivity contribution < 1.29 is 4.79 Å². The van der Waals surface area contributed by atoms with Gasteiger partial charge >= 0.3 is 0 Å². The number of nitrogens with one attached hydrogen (secondary N) is 1. The Balaban J connectivity index is 0.00000400. The van der Waals surface area contributed by atoms with Gasteiger partial charge in [0.2, 0.25) is 5.91 Å². The molecule has 1 rings (SSSR count). The largest absolute Gasteiger partial charge is 0.349 e. The Bertz CT molecular complexity index is 392. The quantitative estimate of drug-likeness (QED) is 0.680. The Morgan fingerprint density at radius 3 is 2.33 bits per heavy atom. The highest BCUT2D eigenvalue weighted by Crippen LogP contribution is 2.17. The van der Waals surface area contributed by atoms with Crippen LogP contribution in [0.5, 0.6) is 0 Å². The predicted molar refractivity (Wildman–Crippen MR) is 91.7 cm³/mol. The first-order valence-corrected chi connectivity index (χ1v) is 7.73. The molecule has 1 aromatic carbocycles. The van der Waals surface area contributed by atoms with E-state index >= 15 is 0 Å². The summed E-state index contributed by atoms with van der Waals surface area (Å²) in [6.07, 6.45) is 5.76. The summed E-state index contributed by atoms with van der Waals surface area (Å²) in [5.41, 5.74) is 7.88. The number of halogens is 1. The van der Waals surface area contributed by atoms with Crippen molar-refractivity contribution in [2.45, 2.75) is 58.4 Å². The average Bonchev–Trinajstić information content (AvgIpc) is 2.45. The van der Waals surface area contributed by atoms with E-state index in [9.17, 15) is 4.79 Å². The van der Waals surface area contributed by atoms with Crippen LogP contribution in [-0.4, -0.2) is 12.5 Å². The lowest BCUT2D eigenvalue weighted by atomic mass is 10.0. The number of carbonyl (C=O) groups excluding carboxylic acids is 1. The normalized spacial score (nSPS) is 11.6. The van der Waals surface area contributed by atoms with Gasteiger partial charge in [-0.3, -0.25) is 4.79 Å². The number of hydrogen-bond acceptors (Lipinski definition) is 2. The summed E-state index contributed by atoms with van der Waals surface area (Å²) >= 11 is 0. The molecule has 0 fully saturated rings. The summed E-state index contributed by atoms with van der Waals surface area (Å²) in [5, 5.41) is 3.13. The van der Waals surface area contributed by atoms with Crippen LogP contribution in [0.3, 0.4) is 0 Å². The van der Waals surface area contributed by atoms with E-state index in [1.807, 2.05) is 0 Å². The fourth-order valence-corrected chi connectivity index (χ4v) is 2.27. The Morgan fingerprint density at radius 1 is 1.14 bits per heavy atom. The number of carbonyl (C=O) groups is 1. The second-order valence-electron chi connectivity index (χ2n) is 5.39. The third kappa shape index (κ3) is 8.08. The van der Waals surface area contributed by atoms with Gasteiger partial charge in [0.25, 0.3) is 0 Å². The van der Waals surface area contributed by atoms with Gasteiger partial charge in [-0.05, 0) is 38.3 Å². The topological polar surface area (TPSA) is 55.1 Å². The number of benzene rings is 1. The zero-order valence-electron chi connectivity index (χ0n) is 13.2. The molecule has 0 bridgehead atoms. The van der Waals surface area contributed by atoms with E-state index in [2.05, 4.69) is 43.4 Å². The number of aryl methyl sites for hydroxylation is 1. The molecular weight excluding hydrogens is 284 g/mol. The third-order valence-corrected chi connectivity index (χ3v) is 3.58. The first kappa shape index (κ1) is 19.9. The summed E-state index contributed by atoms with van der Waals surface area (Å²) in [4.78, 5) is 11.9. The molecule has 0 saturated carbocycles. The van der Waals surface area contributed by atoms with Crippen molar-refractivity contribution >= 4 is 18.3 Å². The SMILES string of the molecule is CCC(NC(=O)CCCCCCN)c1ccc(C)cc1.Cl. The molecule has 0 saturated heterocycles. The van der Waals surface area contributed by atoms with Crippen molar-refractivity contribution in [2.75, 3.05) is 6.54 Å². The fraction of sp³-hybridized carbons (Fsp3) is 0.588. The minimum absolute atomic E-state index is 0. The van der Waals surface area contributed by atoms with E-state index < -0.39 is 0 Å². The molecule has 0 aliphatic carbocycles. The number of rotatable bonds is 9. The van der Waals surface area contributed by atoms with Gasteiger partial charge in [-0.1, -0.05) is 49.6 Å². The van der Waals surface area contributed by atoms with Gasteiger partial charge in [-0.25, -0.2) is 0 Å². The summed E-state index contributed by atoms with van der Waals surface area (Å²) in [6, 6.07) is 8.52. The monoisotopic (exact) mass is 312 g/mol. The lowest BCUT2D eigenvalue weighted by Gasteiger charge is -2.17. The lowest BCUT2D eigenvalue weighted by Crippen LogP contribution is -2.27. The highest BCUT2D eigenvalue weighted by molar-refractivity contribution is 5.85. The summed E-state index contributed by atoms with van der Waals surface area (Å²) in [6.45, 7) is 4.92. The van der Waals surface area contributed by atoms with Crippen LogP contribution in [0, 0.1) is 6.92 Å². The van der Waals surface area contributed by atoms with Gasteiger partial charge in [-0.15, -0.1) is 12.4 Å². The molecule has 1 atom stereocenters. The van der Waals surface area contributed by atoms with Crippen molar-refractivity contribution in [3.8, 4) is 0 Å². The van der Waals surface area contributed by atoms with Crippen LogP contribution in [0.2, 0.25) is 0 Å². The minimum Gasteiger partial charge on any atom is -0.349 e. The molecule has 120 valence electrons. The molecule has 0 spiro atoms. The number of unbranched alkanes of at least 4 members (excludes halogenated alkanes) is 3. The Hall–Kier alpha value is -1.06. The van der Waals surface area contributed by atoms with Crippen LogP contribution in [0.25, 0.3) is 0 Å². The number of nitrogens with two attached hydrogens (primary N) is 1. The molecule has 1 amide bonds. The zero-order valence-corrected chi connectivity index (χ0v) is 14.0. The first-order valence-electron chi connectivity index (χ1n) is 7.73. The molecule has 1 unspecified atom stereocenters. The molecule has 0 aliphatic heterocycles. The van der Waals surface area contributed by atoms with E-state index in [1.165, 1.54) is 11.1 Å². The summed E-state index contributed by atoms with van der Waals surface area (Å²) in [5.74, 6) is 0.158. The fourth-order valence-electron chi connectivity index (χ4n) is 2.27. The second kappa shape index (κ2) is 11.6. The number of amides is 1. The van der Waals surface area contributed by atoms with Gasteiger partial charge in [-0.2, -0.15) is 0 Å². The third-order valence-electron chi connectivity index (χ3n) is 3.58. The minimum atomic E-state index is 0. The smallest absolute Gasteiger partial charge is 0.220 e. The highest BCUT2D eigenvalue weighted by Gasteiger charge is 2.12. The van der Waals surface area contributed by atoms with E-state index in [0.717, 1.165) is 38.6 Å². The van der Waals surface area contributed by atoms with Gasteiger partial charge in [0.1, 0.15) is 0 Å². The Labute approximate surface area is 135 Å². The Kier molecular flexibility index (Phi) is 11.0. The Morgan fingerprint density at radius 2 is 1.76 bits per heavy atom. The molecule has 0 aromatic heterocycles. The van der Waals surface area contributed by atoms with Gasteiger partial charge in [0, 0.05) is 6.42 Å². The van der Waals surface area contributed by atoms with Gasteiger partial charge < -0.3 is 11.1 Å². The second-order valence-corrected chi connectivity index (χ2v) is 5.39. The summed E-state index contributed by atoms with van der Waals surface area (Å²) < 4.78 is 0. The molecule has 0 aliphatic rings. The van der Waals surface area contributed by atoms with E-state index in [4.69, 9.17) is 5.73 Å². The van der Waals surface area contributed by atoms with Crippen LogP contribution in [0.1, 0.15) is 62.6 Å². The van der Waals surface area contributed by atoms with Crippen LogP contribution < -0.4 is 11.1 Å². The van der Waals surface area contributed by atoms with Crippen LogP contribution in [0.15, 0.2) is 24.3 Å². The first-order chi connectivity index (χ1) is 9.67. The van der Waals surface area contributed by atoms with Crippen molar-refractivity contribution in [3.63, 3.8) is 0 Å². The van der Waals surface area contributed by atoms with Crippen LogP contribution in [0.4, 0.5) is 0 Å². The van der Waals surface area contributed by atoms with Gasteiger partial charge in [0.05, 0.1) is 6.04 Å². The molecule has 3 nitrogen and oxygen atoms in total.